The van der Waals surface area contributed by atoms with E-state index in [2.05, 4.69) is 15.4 Å². The Bertz CT molecular complexity index is 1340. The summed E-state index contributed by atoms with van der Waals surface area (Å²) >= 11 is 0. The number of methoxy groups -OCH3 is 3. The summed E-state index contributed by atoms with van der Waals surface area (Å²) in [6.45, 7) is 0.618. The van der Waals surface area contributed by atoms with E-state index in [0.29, 0.717) is 46.0 Å². The molecule has 12 nitrogen and oxygen atoms in total. The minimum Gasteiger partial charge on any atom is -0.493 e. The van der Waals surface area contributed by atoms with Gasteiger partial charge in [-0.15, -0.1) is 5.10 Å². The van der Waals surface area contributed by atoms with Gasteiger partial charge in [-0.25, -0.2) is 9.50 Å². The van der Waals surface area contributed by atoms with Crippen molar-refractivity contribution in [2.45, 2.75) is 25.5 Å². The monoisotopic (exact) mass is 495 g/mol. The summed E-state index contributed by atoms with van der Waals surface area (Å²) in [4.78, 5) is 11.3. The van der Waals surface area contributed by atoms with Crippen LogP contribution in [0.4, 0.5) is 17.6 Å². The lowest BCUT2D eigenvalue weighted by atomic mass is 10.2. The Balaban J connectivity index is 1.51. The highest BCUT2D eigenvalue weighted by atomic mass is 16.5. The van der Waals surface area contributed by atoms with E-state index >= 15 is 0 Å². The van der Waals surface area contributed by atoms with Crippen molar-refractivity contribution >= 4 is 23.1 Å². The van der Waals surface area contributed by atoms with Crippen molar-refractivity contribution in [3.63, 3.8) is 0 Å². The predicted molar refractivity (Wildman–Crippen MR) is 133 cm³/mol. The minimum absolute atomic E-state index is 0.0296. The Morgan fingerprint density at radius 2 is 1.86 bits per heavy atom. The number of anilines is 3. The molecule has 36 heavy (non-hydrogen) atoms. The standard InChI is InChI=1S/C24H29N7O5/c1-34-19-9-17(10-20(35-2)22(19)36-3)29-11-21(25-14-29)26-23-18-7-6-16(13-33)31(18)28-24(27-23)30-8-4-5-15(30)12-32/h6-7,9-11,14-15,32-33H,4-5,8,12-13H2,1-3H3,(H,26,27,28)/t15-/m0/s1. The lowest BCUT2D eigenvalue weighted by Gasteiger charge is -2.23. The Labute approximate surface area is 207 Å². The van der Waals surface area contributed by atoms with Gasteiger partial charge in [0.15, 0.2) is 17.3 Å². The maximum Gasteiger partial charge on any atom is 0.245 e. The maximum atomic E-state index is 9.81. The number of aliphatic hydroxyl groups excluding tert-OH is 2. The zero-order valence-electron chi connectivity index (χ0n) is 20.4. The van der Waals surface area contributed by atoms with Gasteiger partial charge in [0.1, 0.15) is 17.7 Å². The van der Waals surface area contributed by atoms with Crippen molar-refractivity contribution in [2.75, 3.05) is 44.7 Å². The summed E-state index contributed by atoms with van der Waals surface area (Å²) in [5, 5.41) is 27.5. The molecule has 5 rings (SSSR count). The number of fused-ring (bicyclic) bond motifs is 1. The second kappa shape index (κ2) is 9.91. The van der Waals surface area contributed by atoms with Crippen molar-refractivity contribution in [3.8, 4) is 22.9 Å². The molecule has 0 radical (unpaired) electrons. The molecular formula is C24H29N7O5. The summed E-state index contributed by atoms with van der Waals surface area (Å²) in [5.74, 6) is 3.16. The number of aliphatic hydroxyl groups is 2. The molecule has 3 aromatic heterocycles. The van der Waals surface area contributed by atoms with Gasteiger partial charge >= 0.3 is 0 Å². The number of nitrogens with one attached hydrogen (secondary N) is 1. The smallest absolute Gasteiger partial charge is 0.245 e. The molecule has 0 aliphatic carbocycles. The molecule has 1 atom stereocenters. The molecule has 4 heterocycles. The third kappa shape index (κ3) is 4.14. The van der Waals surface area contributed by atoms with E-state index in [1.807, 2.05) is 33.9 Å². The summed E-state index contributed by atoms with van der Waals surface area (Å²) in [5.41, 5.74) is 2.11. The zero-order valence-corrected chi connectivity index (χ0v) is 20.4. The second-order valence-electron chi connectivity index (χ2n) is 8.39. The number of rotatable bonds is 9. The molecule has 0 unspecified atom stereocenters. The molecule has 190 valence electrons. The number of benzene rings is 1. The van der Waals surface area contributed by atoms with Crippen LogP contribution in [0, 0.1) is 0 Å². The van der Waals surface area contributed by atoms with E-state index < -0.39 is 0 Å². The quantitative estimate of drug-likeness (QED) is 0.317. The number of aromatic nitrogens is 5. The Morgan fingerprint density at radius 3 is 2.53 bits per heavy atom. The fourth-order valence-corrected chi connectivity index (χ4v) is 4.53. The van der Waals surface area contributed by atoms with Gasteiger partial charge in [0.2, 0.25) is 11.7 Å². The summed E-state index contributed by atoms with van der Waals surface area (Å²) < 4.78 is 19.8. The first-order valence-electron chi connectivity index (χ1n) is 11.6. The fraction of sp³-hybridized carbons (Fsp3) is 0.375. The molecule has 1 fully saturated rings. The summed E-state index contributed by atoms with van der Waals surface area (Å²) in [6.07, 6.45) is 5.31. The van der Waals surface area contributed by atoms with Gasteiger partial charge in [0, 0.05) is 18.7 Å². The van der Waals surface area contributed by atoms with Crippen LogP contribution in [0.3, 0.4) is 0 Å². The number of nitrogens with zero attached hydrogens (tertiary/aromatic N) is 6. The molecule has 1 aliphatic rings. The second-order valence-corrected chi connectivity index (χ2v) is 8.39. The lowest BCUT2D eigenvalue weighted by Crippen LogP contribution is -2.34. The van der Waals surface area contributed by atoms with E-state index in [1.54, 1.807) is 38.2 Å². The van der Waals surface area contributed by atoms with Gasteiger partial charge in [-0.1, -0.05) is 0 Å². The van der Waals surface area contributed by atoms with E-state index in [9.17, 15) is 10.2 Å². The van der Waals surface area contributed by atoms with Crippen LogP contribution >= 0.6 is 0 Å². The molecule has 1 aromatic carbocycles. The van der Waals surface area contributed by atoms with Crippen molar-refractivity contribution < 1.29 is 24.4 Å². The van der Waals surface area contributed by atoms with Crippen molar-refractivity contribution in [2.24, 2.45) is 0 Å². The molecule has 4 aromatic rings. The molecule has 0 spiro atoms. The average Bonchev–Trinajstić information content (AvgIpc) is 3.67. The number of hydrogen-bond acceptors (Lipinski definition) is 10. The van der Waals surface area contributed by atoms with Crippen LogP contribution in [-0.4, -0.2) is 74.9 Å². The van der Waals surface area contributed by atoms with Gasteiger partial charge < -0.3 is 39.2 Å². The molecule has 0 saturated carbocycles. The number of ether oxygens (including phenoxy) is 3. The van der Waals surface area contributed by atoms with Crippen LogP contribution in [0.15, 0.2) is 36.8 Å². The first kappa shape index (κ1) is 23.7. The highest BCUT2D eigenvalue weighted by Crippen LogP contribution is 2.39. The lowest BCUT2D eigenvalue weighted by molar-refractivity contribution is 0.265. The van der Waals surface area contributed by atoms with Gasteiger partial charge in [-0.05, 0) is 25.0 Å². The van der Waals surface area contributed by atoms with Gasteiger partial charge in [0.25, 0.3) is 0 Å². The van der Waals surface area contributed by atoms with Crippen LogP contribution in [0.5, 0.6) is 17.2 Å². The molecule has 0 bridgehead atoms. The van der Waals surface area contributed by atoms with Crippen LogP contribution in [0.2, 0.25) is 0 Å². The van der Waals surface area contributed by atoms with E-state index in [-0.39, 0.29) is 19.3 Å². The molecule has 12 heteroatoms. The van der Waals surface area contributed by atoms with Crippen LogP contribution in [0.1, 0.15) is 18.5 Å². The van der Waals surface area contributed by atoms with Gasteiger partial charge in [0.05, 0.1) is 58.2 Å². The maximum absolute atomic E-state index is 9.81. The van der Waals surface area contributed by atoms with E-state index in [4.69, 9.17) is 19.2 Å². The highest BCUT2D eigenvalue weighted by Gasteiger charge is 2.27. The normalized spacial score (nSPS) is 15.5. The van der Waals surface area contributed by atoms with E-state index in [1.165, 1.54) is 0 Å². The molecule has 0 amide bonds. The molecule has 1 saturated heterocycles. The molecular weight excluding hydrogens is 466 g/mol. The van der Waals surface area contributed by atoms with Crippen LogP contribution in [0.25, 0.3) is 11.2 Å². The fourth-order valence-electron chi connectivity index (χ4n) is 4.53. The van der Waals surface area contributed by atoms with Crippen LogP contribution in [-0.2, 0) is 6.61 Å². The first-order valence-corrected chi connectivity index (χ1v) is 11.6. The molecule has 3 N–H and O–H groups in total. The zero-order chi connectivity index (χ0) is 25.2. The van der Waals surface area contributed by atoms with Crippen LogP contribution < -0.4 is 24.4 Å². The van der Waals surface area contributed by atoms with Gasteiger partial charge in [-0.2, -0.15) is 4.98 Å². The predicted octanol–water partition coefficient (Wildman–Crippen LogP) is 2.14. The van der Waals surface area contributed by atoms with Crippen molar-refractivity contribution in [1.82, 2.24) is 24.1 Å². The summed E-state index contributed by atoms with van der Waals surface area (Å²) in [7, 11) is 4.70. The van der Waals surface area contributed by atoms with Crippen molar-refractivity contribution in [1.29, 1.82) is 0 Å². The average molecular weight is 496 g/mol. The Morgan fingerprint density at radius 1 is 1.08 bits per heavy atom. The Kier molecular flexibility index (Phi) is 6.53. The SMILES string of the molecule is COc1cc(-n2cnc(Nc3nc(N4CCC[C@H]4CO)nn4c(CO)ccc34)c2)cc(OC)c1OC. The largest absolute Gasteiger partial charge is 0.493 e. The van der Waals surface area contributed by atoms with Gasteiger partial charge in [-0.3, -0.25) is 0 Å². The Hall–Kier alpha value is -4.03. The summed E-state index contributed by atoms with van der Waals surface area (Å²) in [6, 6.07) is 7.28. The first-order chi connectivity index (χ1) is 17.6. The number of imidazole rings is 1. The molecule has 1 aliphatic heterocycles. The third-order valence-electron chi connectivity index (χ3n) is 6.36. The van der Waals surface area contributed by atoms with E-state index in [0.717, 1.165) is 25.1 Å². The third-order valence-corrected chi connectivity index (χ3v) is 6.36. The minimum atomic E-state index is -0.163. The highest BCUT2D eigenvalue weighted by molar-refractivity contribution is 5.74. The number of hydrogen-bond donors (Lipinski definition) is 3. The topological polar surface area (TPSA) is 131 Å². The van der Waals surface area contributed by atoms with Crippen molar-refractivity contribution in [3.05, 3.63) is 42.5 Å².